The molecule has 2 rings (SSSR count). The van der Waals surface area contributed by atoms with Crippen molar-refractivity contribution in [3.63, 3.8) is 0 Å². The summed E-state index contributed by atoms with van der Waals surface area (Å²) in [5.74, 6) is 0.287. The van der Waals surface area contributed by atoms with E-state index >= 15 is 0 Å². The predicted molar refractivity (Wildman–Crippen MR) is 87.8 cm³/mol. The van der Waals surface area contributed by atoms with Crippen LogP contribution in [0.1, 0.15) is 24.0 Å². The summed E-state index contributed by atoms with van der Waals surface area (Å²) in [6.07, 6.45) is 0. The third-order valence-corrected chi connectivity index (χ3v) is 4.22. The number of aromatic nitrogens is 4. The molecule has 0 bridgehead atoms. The first-order valence-electron chi connectivity index (χ1n) is 6.86. The fourth-order valence-corrected chi connectivity index (χ4v) is 2.85. The molecule has 1 unspecified atom stereocenters. The molecule has 2 heterocycles. The van der Waals surface area contributed by atoms with Crippen molar-refractivity contribution < 1.29 is 4.79 Å². The number of thioether (sulfide) groups is 1. The first kappa shape index (κ1) is 16.3. The highest BCUT2D eigenvalue weighted by Gasteiger charge is 2.19. The molecule has 2 aromatic heterocycles. The largest absolute Gasteiger partial charge is 0.384 e. The van der Waals surface area contributed by atoms with Gasteiger partial charge in [-0.15, -0.1) is 0 Å². The van der Waals surface area contributed by atoms with Crippen LogP contribution in [0.5, 0.6) is 0 Å². The quantitative estimate of drug-likeness (QED) is 0.659. The second kappa shape index (κ2) is 6.35. The van der Waals surface area contributed by atoms with E-state index in [1.54, 1.807) is 10.7 Å². The topological polar surface area (TPSA) is 98.7 Å². The lowest BCUT2D eigenvalue weighted by Gasteiger charge is -2.12. The van der Waals surface area contributed by atoms with Gasteiger partial charge >= 0.3 is 0 Å². The van der Waals surface area contributed by atoms with Gasteiger partial charge in [-0.1, -0.05) is 11.8 Å². The fourth-order valence-electron chi connectivity index (χ4n) is 2.01. The number of aryl methyl sites for hydroxylation is 3. The molecule has 0 fully saturated rings. The Hall–Kier alpha value is -2.09. The molecular weight excluding hydrogens is 300 g/mol. The second-order valence-electron chi connectivity index (χ2n) is 5.14. The van der Waals surface area contributed by atoms with Crippen molar-refractivity contribution in [3.8, 4) is 0 Å². The number of carbonyl (C=O) groups excluding carboxylic acids is 1. The molecule has 0 aliphatic heterocycles. The number of nitrogens with one attached hydrogen (secondary N) is 1. The summed E-state index contributed by atoms with van der Waals surface area (Å²) in [4.78, 5) is 20.8. The van der Waals surface area contributed by atoms with Gasteiger partial charge in [0.15, 0.2) is 5.16 Å². The first-order chi connectivity index (χ1) is 10.3. The molecule has 0 aliphatic rings. The number of nitrogens with two attached hydrogens (primary N) is 1. The summed E-state index contributed by atoms with van der Waals surface area (Å²) in [6.45, 7) is 7.43. The Kier molecular flexibility index (Phi) is 4.70. The minimum Gasteiger partial charge on any atom is -0.384 e. The van der Waals surface area contributed by atoms with Crippen LogP contribution in [0.15, 0.2) is 11.2 Å². The smallest absolute Gasteiger partial charge is 0.237 e. The molecule has 0 aromatic carbocycles. The number of carbonyl (C=O) groups is 1. The summed E-state index contributed by atoms with van der Waals surface area (Å²) in [6, 6.07) is 1.69. The fraction of sp³-hybridized carbons (Fsp3) is 0.429. The molecule has 1 atom stereocenters. The van der Waals surface area contributed by atoms with Crippen molar-refractivity contribution in [2.75, 3.05) is 11.1 Å². The first-order valence-corrected chi connectivity index (χ1v) is 7.74. The van der Waals surface area contributed by atoms with Gasteiger partial charge in [0, 0.05) is 18.8 Å². The Balaban J connectivity index is 2.09. The minimum absolute atomic E-state index is 0.118. The zero-order chi connectivity index (χ0) is 16.4. The maximum Gasteiger partial charge on any atom is 0.237 e. The van der Waals surface area contributed by atoms with Gasteiger partial charge in [0.05, 0.1) is 22.3 Å². The Morgan fingerprint density at radius 2 is 2.05 bits per heavy atom. The number of hydrogen-bond acceptors (Lipinski definition) is 6. The number of nitrogens with zero attached hydrogens (tertiary/aromatic N) is 4. The standard InChI is InChI=1S/C14H20N6OS/c1-7-6-11(15)17-14(16-7)22-10(4)13(21)18-12-8(2)19-20(5)9(12)3/h6,10H,1-5H3,(H,18,21)(H2,15,16,17). The molecule has 0 saturated carbocycles. The van der Waals surface area contributed by atoms with Gasteiger partial charge in [-0.25, -0.2) is 9.97 Å². The van der Waals surface area contributed by atoms with Crippen LogP contribution in [0.4, 0.5) is 11.5 Å². The van der Waals surface area contributed by atoms with Crippen LogP contribution >= 0.6 is 11.8 Å². The molecule has 2 aromatic rings. The Morgan fingerprint density at radius 3 is 2.59 bits per heavy atom. The average Bonchev–Trinajstić information content (AvgIpc) is 2.64. The SMILES string of the molecule is Cc1cc(N)nc(SC(C)C(=O)Nc2c(C)nn(C)c2C)n1. The molecule has 0 spiro atoms. The van der Waals surface area contributed by atoms with Gasteiger partial charge in [0.2, 0.25) is 5.91 Å². The van der Waals surface area contributed by atoms with Crippen molar-refractivity contribution in [3.05, 3.63) is 23.1 Å². The Bertz CT molecular complexity index is 691. The highest BCUT2D eigenvalue weighted by molar-refractivity contribution is 8.00. The lowest BCUT2D eigenvalue weighted by Crippen LogP contribution is -2.23. The molecule has 1 amide bonds. The summed E-state index contributed by atoms with van der Waals surface area (Å²) < 4.78 is 1.74. The molecule has 0 saturated heterocycles. The normalized spacial score (nSPS) is 12.2. The van der Waals surface area contributed by atoms with Crippen LogP contribution in [0.25, 0.3) is 0 Å². The van der Waals surface area contributed by atoms with Gasteiger partial charge in [-0.2, -0.15) is 5.10 Å². The van der Waals surface area contributed by atoms with Crippen LogP contribution in [-0.2, 0) is 11.8 Å². The lowest BCUT2D eigenvalue weighted by molar-refractivity contribution is -0.115. The Labute approximate surface area is 133 Å². The van der Waals surface area contributed by atoms with Gasteiger partial charge < -0.3 is 11.1 Å². The maximum absolute atomic E-state index is 12.3. The monoisotopic (exact) mass is 320 g/mol. The van der Waals surface area contributed by atoms with E-state index in [1.807, 2.05) is 34.7 Å². The minimum atomic E-state index is -0.347. The van der Waals surface area contributed by atoms with Crippen LogP contribution in [0.3, 0.4) is 0 Å². The highest BCUT2D eigenvalue weighted by Crippen LogP contribution is 2.24. The summed E-state index contributed by atoms with van der Waals surface area (Å²) in [5.41, 5.74) is 8.94. The van der Waals surface area contributed by atoms with E-state index in [9.17, 15) is 4.79 Å². The summed E-state index contributed by atoms with van der Waals surface area (Å²) >= 11 is 1.28. The van der Waals surface area contributed by atoms with Gasteiger partial charge in [-0.3, -0.25) is 9.48 Å². The van der Waals surface area contributed by atoms with Crippen molar-refractivity contribution in [2.45, 2.75) is 38.1 Å². The summed E-state index contributed by atoms with van der Waals surface area (Å²) in [5, 5.41) is 7.36. The van der Waals surface area contributed by atoms with Crippen LogP contribution in [0, 0.1) is 20.8 Å². The Morgan fingerprint density at radius 1 is 1.36 bits per heavy atom. The molecule has 7 nitrogen and oxygen atoms in total. The zero-order valence-corrected chi connectivity index (χ0v) is 14.2. The van der Waals surface area contributed by atoms with E-state index in [4.69, 9.17) is 5.73 Å². The maximum atomic E-state index is 12.3. The van der Waals surface area contributed by atoms with E-state index < -0.39 is 0 Å². The molecule has 22 heavy (non-hydrogen) atoms. The van der Waals surface area contributed by atoms with Crippen molar-refractivity contribution in [2.24, 2.45) is 7.05 Å². The van der Waals surface area contributed by atoms with Crippen LogP contribution in [-0.4, -0.2) is 30.9 Å². The lowest BCUT2D eigenvalue weighted by atomic mass is 10.3. The molecule has 0 aliphatic carbocycles. The predicted octanol–water partition coefficient (Wildman–Crippen LogP) is 1.84. The zero-order valence-electron chi connectivity index (χ0n) is 13.3. The molecule has 3 N–H and O–H groups in total. The third kappa shape index (κ3) is 3.56. The van der Waals surface area contributed by atoms with Crippen LogP contribution < -0.4 is 11.1 Å². The van der Waals surface area contributed by atoms with Crippen molar-refractivity contribution in [1.82, 2.24) is 19.7 Å². The number of amides is 1. The van der Waals surface area contributed by atoms with Crippen molar-refractivity contribution in [1.29, 1.82) is 0 Å². The van der Waals surface area contributed by atoms with E-state index in [1.165, 1.54) is 11.8 Å². The number of rotatable bonds is 4. The van der Waals surface area contributed by atoms with E-state index in [-0.39, 0.29) is 11.2 Å². The molecule has 0 radical (unpaired) electrons. The van der Waals surface area contributed by atoms with Crippen molar-refractivity contribution >= 4 is 29.2 Å². The molecular formula is C14H20N6OS. The van der Waals surface area contributed by atoms with Gasteiger partial charge in [0.25, 0.3) is 0 Å². The van der Waals surface area contributed by atoms with Gasteiger partial charge in [0.1, 0.15) is 5.82 Å². The molecule has 118 valence electrons. The van der Waals surface area contributed by atoms with E-state index in [0.717, 1.165) is 22.8 Å². The molecule has 8 heteroatoms. The second-order valence-corrected chi connectivity index (χ2v) is 6.44. The van der Waals surface area contributed by atoms with Gasteiger partial charge in [-0.05, 0) is 27.7 Å². The van der Waals surface area contributed by atoms with E-state index in [2.05, 4.69) is 20.4 Å². The number of anilines is 2. The average molecular weight is 320 g/mol. The number of hydrogen-bond donors (Lipinski definition) is 2. The number of nitrogen functional groups attached to an aromatic ring is 1. The van der Waals surface area contributed by atoms with Crippen LogP contribution in [0.2, 0.25) is 0 Å². The third-order valence-electron chi connectivity index (χ3n) is 3.26. The summed E-state index contributed by atoms with van der Waals surface area (Å²) in [7, 11) is 1.85. The van der Waals surface area contributed by atoms with E-state index in [0.29, 0.717) is 11.0 Å². The highest BCUT2D eigenvalue weighted by atomic mass is 32.2.